The average molecular weight is 545 g/mol. The van der Waals surface area contributed by atoms with E-state index in [2.05, 4.69) is 15.2 Å². The lowest BCUT2D eigenvalue weighted by Gasteiger charge is -2.42. The maximum Gasteiger partial charge on any atom is 0.189 e. The molecule has 9 heteroatoms. The molecule has 2 unspecified atom stereocenters. The summed E-state index contributed by atoms with van der Waals surface area (Å²) >= 11 is 14.3. The van der Waals surface area contributed by atoms with Crippen LogP contribution in [0.2, 0.25) is 10.0 Å². The van der Waals surface area contributed by atoms with Crippen molar-refractivity contribution in [2.75, 3.05) is 44.4 Å². The quantitative estimate of drug-likeness (QED) is 0.335. The molecule has 0 spiro atoms. The minimum absolute atomic E-state index is 0. The molecule has 3 rings (SSSR count). The molecule has 2 aliphatic heterocycles. The van der Waals surface area contributed by atoms with E-state index in [1.54, 1.807) is 6.07 Å². The molecule has 0 aromatic heterocycles. The van der Waals surface area contributed by atoms with Crippen LogP contribution in [-0.4, -0.2) is 60.8 Å². The third-order valence-corrected chi connectivity index (χ3v) is 6.90. The van der Waals surface area contributed by atoms with Crippen molar-refractivity contribution in [1.82, 2.24) is 10.2 Å². The van der Waals surface area contributed by atoms with Gasteiger partial charge < -0.3 is 15.8 Å². The molecule has 5 nitrogen and oxygen atoms in total. The lowest BCUT2D eigenvalue weighted by Crippen LogP contribution is -2.56. The number of nitrogens with two attached hydrogens (primary N) is 1. The van der Waals surface area contributed by atoms with Crippen molar-refractivity contribution < 1.29 is 4.74 Å². The Labute approximate surface area is 192 Å². The lowest BCUT2D eigenvalue weighted by atomic mass is 9.96. The number of rotatable bonds is 5. The van der Waals surface area contributed by atoms with E-state index in [0.29, 0.717) is 22.5 Å². The van der Waals surface area contributed by atoms with Gasteiger partial charge in [0, 0.05) is 28.9 Å². The van der Waals surface area contributed by atoms with E-state index in [1.165, 1.54) is 5.75 Å². The highest BCUT2D eigenvalue weighted by molar-refractivity contribution is 14.0. The topological polar surface area (TPSA) is 62.9 Å². The fourth-order valence-corrected chi connectivity index (χ4v) is 5.58. The van der Waals surface area contributed by atoms with Crippen LogP contribution in [0.4, 0.5) is 0 Å². The largest absolute Gasteiger partial charge is 0.379 e. The van der Waals surface area contributed by atoms with E-state index in [9.17, 15) is 0 Å². The van der Waals surface area contributed by atoms with Crippen molar-refractivity contribution in [1.29, 1.82) is 0 Å². The van der Waals surface area contributed by atoms with E-state index in [4.69, 9.17) is 33.7 Å². The number of benzene rings is 1. The summed E-state index contributed by atoms with van der Waals surface area (Å²) in [7, 11) is 0. The van der Waals surface area contributed by atoms with E-state index in [1.807, 2.05) is 30.8 Å². The second kappa shape index (κ2) is 10.7. The summed E-state index contributed by atoms with van der Waals surface area (Å²) in [6.07, 6.45) is 1.15. The summed E-state index contributed by atoms with van der Waals surface area (Å²) in [4.78, 5) is 7.22. The van der Waals surface area contributed by atoms with E-state index in [0.717, 1.165) is 44.0 Å². The normalized spacial score (nSPS) is 25.1. The van der Waals surface area contributed by atoms with Crippen molar-refractivity contribution in [3.05, 3.63) is 33.8 Å². The summed E-state index contributed by atoms with van der Waals surface area (Å²) in [5.74, 6) is 2.73. The van der Waals surface area contributed by atoms with Gasteiger partial charge in [0.1, 0.15) is 0 Å². The molecule has 2 saturated heterocycles. The number of aliphatic imine (C=N–C) groups is 1. The Bertz CT molecular complexity index is 652. The second-order valence-corrected chi connectivity index (χ2v) is 8.81. The third-order valence-electron chi connectivity index (χ3n) is 5.10. The van der Waals surface area contributed by atoms with Crippen LogP contribution in [-0.2, 0) is 4.74 Å². The summed E-state index contributed by atoms with van der Waals surface area (Å²) in [6.45, 7) is 6.27. The number of nitrogens with one attached hydrogen (secondary N) is 1. The van der Waals surface area contributed by atoms with Crippen molar-refractivity contribution in [2.24, 2.45) is 10.7 Å². The standard InChI is InChI=1S/C18H26Cl2N4OS.HI/c1-13(15-3-2-14(19)10-16(15)20)23-17(21)22-11-18(4-9-26-12-18)24-5-7-25-8-6-24;/h2-3,10,13H,4-9,11-12H2,1H3,(H3,21,22,23);1H. The Morgan fingerprint density at radius 2 is 2.15 bits per heavy atom. The van der Waals surface area contributed by atoms with Gasteiger partial charge >= 0.3 is 0 Å². The average Bonchev–Trinajstić information content (AvgIpc) is 3.11. The summed E-state index contributed by atoms with van der Waals surface area (Å²) in [5, 5.41) is 4.50. The first-order valence-corrected chi connectivity index (χ1v) is 10.8. The highest BCUT2D eigenvalue weighted by atomic mass is 127. The third kappa shape index (κ3) is 6.02. The number of nitrogens with zero attached hydrogens (tertiary/aromatic N) is 2. The highest BCUT2D eigenvalue weighted by Crippen LogP contribution is 2.34. The zero-order valence-corrected chi connectivity index (χ0v) is 20.1. The Balaban J connectivity index is 0.00000261. The smallest absolute Gasteiger partial charge is 0.189 e. The Hall–Kier alpha value is 0.0700. The van der Waals surface area contributed by atoms with E-state index >= 15 is 0 Å². The minimum Gasteiger partial charge on any atom is -0.379 e. The molecule has 1 aromatic carbocycles. The number of hydrogen-bond acceptors (Lipinski definition) is 4. The zero-order chi connectivity index (χ0) is 18.6. The molecule has 1 aromatic rings. The molecule has 2 heterocycles. The molecule has 0 bridgehead atoms. The Kier molecular flexibility index (Phi) is 9.28. The predicted octanol–water partition coefficient (Wildman–Crippen LogP) is 3.78. The van der Waals surface area contributed by atoms with Gasteiger partial charge in [-0.25, -0.2) is 0 Å². The van der Waals surface area contributed by atoms with Gasteiger partial charge in [0.25, 0.3) is 0 Å². The molecule has 0 radical (unpaired) electrons. The first kappa shape index (κ1) is 23.3. The first-order chi connectivity index (χ1) is 12.5. The SMILES string of the molecule is CC(NC(N)=NCC1(N2CCOCC2)CCSC1)c1ccc(Cl)cc1Cl.I. The monoisotopic (exact) mass is 544 g/mol. The number of hydrogen-bond donors (Lipinski definition) is 2. The van der Waals surface area contributed by atoms with E-state index < -0.39 is 0 Å². The molecule has 2 fully saturated rings. The number of thioether (sulfide) groups is 1. The van der Waals surface area contributed by atoms with Crippen molar-refractivity contribution in [3.63, 3.8) is 0 Å². The molecular formula is C18H27Cl2IN4OS. The lowest BCUT2D eigenvalue weighted by molar-refractivity contribution is -0.0104. The maximum absolute atomic E-state index is 6.29. The van der Waals surface area contributed by atoms with Crippen LogP contribution in [0.3, 0.4) is 0 Å². The fourth-order valence-electron chi connectivity index (χ4n) is 3.54. The van der Waals surface area contributed by atoms with Crippen molar-refractivity contribution in [3.8, 4) is 0 Å². The molecule has 3 N–H and O–H groups in total. The van der Waals surface area contributed by atoms with Crippen LogP contribution in [0.5, 0.6) is 0 Å². The van der Waals surface area contributed by atoms with Gasteiger partial charge in [0.2, 0.25) is 0 Å². The zero-order valence-electron chi connectivity index (χ0n) is 15.4. The summed E-state index contributed by atoms with van der Waals surface area (Å²) in [6, 6.07) is 5.45. The number of guanidine groups is 1. The van der Waals surface area contributed by atoms with Gasteiger partial charge in [0.05, 0.1) is 31.3 Å². The van der Waals surface area contributed by atoms with Crippen LogP contribution < -0.4 is 11.1 Å². The second-order valence-electron chi connectivity index (χ2n) is 6.86. The van der Waals surface area contributed by atoms with Gasteiger partial charge in [-0.15, -0.1) is 24.0 Å². The van der Waals surface area contributed by atoms with Crippen LogP contribution in [0, 0.1) is 0 Å². The molecule has 2 aliphatic rings. The van der Waals surface area contributed by atoms with Crippen LogP contribution >= 0.6 is 58.9 Å². The van der Waals surface area contributed by atoms with Crippen LogP contribution in [0.1, 0.15) is 24.9 Å². The van der Waals surface area contributed by atoms with Gasteiger partial charge in [-0.2, -0.15) is 11.8 Å². The molecule has 27 heavy (non-hydrogen) atoms. The fraction of sp³-hybridized carbons (Fsp3) is 0.611. The molecular weight excluding hydrogens is 518 g/mol. The molecule has 2 atom stereocenters. The van der Waals surface area contributed by atoms with Crippen LogP contribution in [0.15, 0.2) is 23.2 Å². The van der Waals surface area contributed by atoms with Gasteiger partial charge in [-0.1, -0.05) is 29.3 Å². The van der Waals surface area contributed by atoms with Gasteiger partial charge in [-0.3, -0.25) is 9.89 Å². The molecule has 152 valence electrons. The molecule has 0 saturated carbocycles. The maximum atomic E-state index is 6.29. The number of morpholine rings is 1. The Morgan fingerprint density at radius 3 is 2.78 bits per heavy atom. The molecule has 0 aliphatic carbocycles. The molecule has 0 amide bonds. The highest BCUT2D eigenvalue weighted by Gasteiger charge is 2.40. The Morgan fingerprint density at radius 1 is 1.41 bits per heavy atom. The van der Waals surface area contributed by atoms with Crippen molar-refractivity contribution in [2.45, 2.75) is 24.9 Å². The van der Waals surface area contributed by atoms with Gasteiger partial charge in [-0.05, 0) is 36.8 Å². The van der Waals surface area contributed by atoms with Gasteiger partial charge in [0.15, 0.2) is 5.96 Å². The summed E-state index contributed by atoms with van der Waals surface area (Å²) in [5.41, 5.74) is 7.23. The van der Waals surface area contributed by atoms with E-state index in [-0.39, 0.29) is 35.6 Å². The predicted molar refractivity (Wildman–Crippen MR) is 127 cm³/mol. The number of ether oxygens (including phenoxy) is 1. The van der Waals surface area contributed by atoms with Crippen molar-refractivity contribution >= 4 is 64.9 Å². The minimum atomic E-state index is -0.0409. The first-order valence-electron chi connectivity index (χ1n) is 8.92. The summed E-state index contributed by atoms with van der Waals surface area (Å²) < 4.78 is 5.51. The number of halogens is 3. The van der Waals surface area contributed by atoms with Crippen LogP contribution in [0.25, 0.3) is 0 Å².